The first-order valence-electron chi connectivity index (χ1n) is 4.83. The zero-order valence-corrected chi connectivity index (χ0v) is 9.70. The lowest BCUT2D eigenvalue weighted by Gasteiger charge is -2.27. The molecular formula is C11H16ClNO2. The van der Waals surface area contributed by atoms with E-state index in [0.29, 0.717) is 5.02 Å². The number of benzene rings is 1. The smallest absolute Gasteiger partial charge is 0.0702 e. The van der Waals surface area contributed by atoms with Crippen LogP contribution in [-0.2, 0) is 6.61 Å². The summed E-state index contributed by atoms with van der Waals surface area (Å²) in [6.45, 7) is 1.94. The van der Waals surface area contributed by atoms with E-state index in [1.54, 1.807) is 18.2 Å². The van der Waals surface area contributed by atoms with Crippen LogP contribution in [0.2, 0.25) is 5.02 Å². The summed E-state index contributed by atoms with van der Waals surface area (Å²) in [5, 5.41) is 18.9. The van der Waals surface area contributed by atoms with Crippen LogP contribution in [0.5, 0.6) is 0 Å². The number of hydrogen-bond donors (Lipinski definition) is 2. The standard InChI is InChI=1S/C11H16ClNO2/c1-8(6-14)13(2)11-5-10(12)4-3-9(11)7-15/h3-5,8,14-15H,6-7H2,1-2H3. The van der Waals surface area contributed by atoms with Gasteiger partial charge in [0.15, 0.2) is 0 Å². The highest BCUT2D eigenvalue weighted by atomic mass is 35.5. The molecule has 0 amide bonds. The molecule has 15 heavy (non-hydrogen) atoms. The molecule has 1 rings (SSSR count). The monoisotopic (exact) mass is 229 g/mol. The van der Waals surface area contributed by atoms with E-state index in [0.717, 1.165) is 11.3 Å². The van der Waals surface area contributed by atoms with Gasteiger partial charge in [0.1, 0.15) is 0 Å². The zero-order chi connectivity index (χ0) is 11.4. The number of rotatable bonds is 4. The van der Waals surface area contributed by atoms with E-state index in [1.165, 1.54) is 0 Å². The van der Waals surface area contributed by atoms with E-state index < -0.39 is 0 Å². The van der Waals surface area contributed by atoms with Gasteiger partial charge in [-0.2, -0.15) is 0 Å². The molecule has 0 spiro atoms. The molecule has 0 aliphatic rings. The van der Waals surface area contributed by atoms with Crippen LogP contribution in [0, 0.1) is 0 Å². The summed E-state index contributed by atoms with van der Waals surface area (Å²) in [6.07, 6.45) is 0. The lowest BCUT2D eigenvalue weighted by molar-refractivity contribution is 0.267. The average Bonchev–Trinajstić information content (AvgIpc) is 2.27. The van der Waals surface area contributed by atoms with Crippen molar-refractivity contribution in [2.24, 2.45) is 0 Å². The Hall–Kier alpha value is -0.770. The van der Waals surface area contributed by atoms with E-state index in [4.69, 9.17) is 16.7 Å². The summed E-state index contributed by atoms with van der Waals surface area (Å²) in [5.74, 6) is 0. The SMILES string of the molecule is CC(CO)N(C)c1cc(Cl)ccc1CO. The molecule has 0 fully saturated rings. The third-order valence-electron chi connectivity index (χ3n) is 2.52. The van der Waals surface area contributed by atoms with E-state index in [2.05, 4.69) is 0 Å². The fraction of sp³-hybridized carbons (Fsp3) is 0.455. The van der Waals surface area contributed by atoms with Gasteiger partial charge in [0.2, 0.25) is 0 Å². The largest absolute Gasteiger partial charge is 0.394 e. The fourth-order valence-electron chi connectivity index (χ4n) is 1.36. The minimum atomic E-state index is -0.0327. The second-order valence-corrected chi connectivity index (χ2v) is 4.01. The molecule has 0 saturated heterocycles. The Labute approximate surface area is 94.9 Å². The number of anilines is 1. The van der Waals surface area contributed by atoms with Gasteiger partial charge in [-0.25, -0.2) is 0 Å². The number of nitrogens with zero attached hydrogens (tertiary/aromatic N) is 1. The highest BCUT2D eigenvalue weighted by Gasteiger charge is 2.12. The second-order valence-electron chi connectivity index (χ2n) is 3.57. The first-order chi connectivity index (χ1) is 7.10. The van der Waals surface area contributed by atoms with Crippen molar-refractivity contribution in [3.8, 4) is 0 Å². The van der Waals surface area contributed by atoms with Crippen molar-refractivity contribution in [1.82, 2.24) is 0 Å². The summed E-state index contributed by atoms with van der Waals surface area (Å²) < 4.78 is 0. The Bertz CT molecular complexity index is 330. The van der Waals surface area contributed by atoms with Gasteiger partial charge >= 0.3 is 0 Å². The van der Waals surface area contributed by atoms with Crippen LogP contribution in [0.25, 0.3) is 0 Å². The lowest BCUT2D eigenvalue weighted by atomic mass is 10.1. The topological polar surface area (TPSA) is 43.7 Å². The highest BCUT2D eigenvalue weighted by molar-refractivity contribution is 6.30. The zero-order valence-electron chi connectivity index (χ0n) is 8.94. The molecule has 0 aliphatic heterocycles. The first kappa shape index (κ1) is 12.3. The minimum Gasteiger partial charge on any atom is -0.394 e. The van der Waals surface area contributed by atoms with Crippen molar-refractivity contribution in [3.63, 3.8) is 0 Å². The summed E-state index contributed by atoms with van der Waals surface area (Å²) in [7, 11) is 1.87. The normalized spacial score (nSPS) is 12.6. The maximum Gasteiger partial charge on any atom is 0.0702 e. The van der Waals surface area contributed by atoms with Crippen molar-refractivity contribution in [3.05, 3.63) is 28.8 Å². The van der Waals surface area contributed by atoms with Crippen molar-refractivity contribution in [1.29, 1.82) is 0 Å². The van der Waals surface area contributed by atoms with Crippen LogP contribution in [0.4, 0.5) is 5.69 Å². The summed E-state index contributed by atoms with van der Waals surface area (Å²) in [6, 6.07) is 5.32. The van der Waals surface area contributed by atoms with Crippen LogP contribution >= 0.6 is 11.6 Å². The van der Waals surface area contributed by atoms with Crippen LogP contribution in [0.15, 0.2) is 18.2 Å². The molecule has 0 heterocycles. The molecule has 0 radical (unpaired) electrons. The summed E-state index contributed by atoms with van der Waals surface area (Å²) in [5.41, 5.74) is 1.66. The van der Waals surface area contributed by atoms with Gasteiger partial charge in [-0.05, 0) is 19.1 Å². The average molecular weight is 230 g/mol. The van der Waals surface area contributed by atoms with Crippen molar-refractivity contribution < 1.29 is 10.2 Å². The molecule has 3 nitrogen and oxygen atoms in total. The lowest BCUT2D eigenvalue weighted by Crippen LogP contribution is -2.32. The Balaban J connectivity index is 3.05. The Kier molecular flexibility index (Phi) is 4.39. The number of aliphatic hydroxyl groups excluding tert-OH is 2. The van der Waals surface area contributed by atoms with Crippen molar-refractivity contribution in [2.75, 3.05) is 18.6 Å². The van der Waals surface area contributed by atoms with Crippen LogP contribution in [0.3, 0.4) is 0 Å². The van der Waals surface area contributed by atoms with Gasteiger partial charge < -0.3 is 15.1 Å². The Morgan fingerprint density at radius 1 is 1.40 bits per heavy atom. The van der Waals surface area contributed by atoms with Gasteiger partial charge in [0.05, 0.1) is 13.2 Å². The van der Waals surface area contributed by atoms with Gasteiger partial charge in [-0.3, -0.25) is 0 Å². The summed E-state index contributed by atoms with van der Waals surface area (Å²) >= 11 is 5.89. The minimum absolute atomic E-state index is 0.00577. The fourth-order valence-corrected chi connectivity index (χ4v) is 1.53. The first-order valence-corrected chi connectivity index (χ1v) is 5.21. The number of hydrogen-bond acceptors (Lipinski definition) is 3. The van der Waals surface area contributed by atoms with Crippen LogP contribution < -0.4 is 4.90 Å². The molecule has 1 aromatic rings. The second kappa shape index (κ2) is 5.35. The predicted octanol–water partition coefficient (Wildman–Crippen LogP) is 1.65. The quantitative estimate of drug-likeness (QED) is 0.825. The molecule has 0 aromatic heterocycles. The molecule has 1 unspecified atom stereocenters. The molecule has 2 N–H and O–H groups in total. The predicted molar refractivity (Wildman–Crippen MR) is 62.3 cm³/mol. The van der Waals surface area contributed by atoms with Crippen molar-refractivity contribution >= 4 is 17.3 Å². The molecule has 4 heteroatoms. The molecule has 1 atom stereocenters. The Morgan fingerprint density at radius 2 is 2.07 bits per heavy atom. The van der Waals surface area contributed by atoms with E-state index in [1.807, 2.05) is 18.9 Å². The van der Waals surface area contributed by atoms with Gasteiger partial charge in [0.25, 0.3) is 0 Å². The molecule has 84 valence electrons. The van der Waals surface area contributed by atoms with E-state index >= 15 is 0 Å². The number of likely N-dealkylation sites (N-methyl/N-ethyl adjacent to an activating group) is 1. The molecular weight excluding hydrogens is 214 g/mol. The maximum atomic E-state index is 9.18. The molecule has 0 bridgehead atoms. The molecule has 0 aliphatic carbocycles. The van der Waals surface area contributed by atoms with Crippen LogP contribution in [0.1, 0.15) is 12.5 Å². The Morgan fingerprint density at radius 3 is 2.60 bits per heavy atom. The van der Waals surface area contributed by atoms with Crippen LogP contribution in [-0.4, -0.2) is 29.9 Å². The number of aliphatic hydroxyl groups is 2. The third-order valence-corrected chi connectivity index (χ3v) is 2.76. The van der Waals surface area contributed by atoms with Crippen molar-refractivity contribution in [2.45, 2.75) is 19.6 Å². The van der Waals surface area contributed by atoms with Gasteiger partial charge in [-0.15, -0.1) is 0 Å². The highest BCUT2D eigenvalue weighted by Crippen LogP contribution is 2.25. The van der Waals surface area contributed by atoms with E-state index in [9.17, 15) is 5.11 Å². The summed E-state index contributed by atoms with van der Waals surface area (Å²) in [4.78, 5) is 1.90. The third kappa shape index (κ3) is 2.84. The maximum absolute atomic E-state index is 9.18. The van der Waals surface area contributed by atoms with Gasteiger partial charge in [-0.1, -0.05) is 17.7 Å². The number of halogens is 1. The van der Waals surface area contributed by atoms with Gasteiger partial charge in [0, 0.05) is 29.4 Å². The molecule has 0 saturated carbocycles. The van der Waals surface area contributed by atoms with E-state index in [-0.39, 0.29) is 19.3 Å². The molecule has 1 aromatic carbocycles.